The Bertz CT molecular complexity index is 440. The molecule has 2 N–H and O–H groups in total. The van der Waals surface area contributed by atoms with Crippen LogP contribution >= 0.6 is 0 Å². The lowest BCUT2D eigenvalue weighted by atomic mass is 10.0. The molecule has 0 saturated heterocycles. The molecule has 5 nitrogen and oxygen atoms in total. The van der Waals surface area contributed by atoms with E-state index in [4.69, 9.17) is 0 Å². The summed E-state index contributed by atoms with van der Waals surface area (Å²) in [6.07, 6.45) is 1.71. The maximum absolute atomic E-state index is 11.5. The summed E-state index contributed by atoms with van der Waals surface area (Å²) in [4.78, 5) is 11.5. The molecular formula is C14H25N3O2. The Morgan fingerprint density at radius 3 is 2.53 bits per heavy atom. The lowest BCUT2D eigenvalue weighted by Gasteiger charge is -2.29. The van der Waals surface area contributed by atoms with Crippen molar-refractivity contribution in [2.24, 2.45) is 0 Å². The van der Waals surface area contributed by atoms with Gasteiger partial charge >= 0.3 is 5.97 Å². The molecule has 0 aliphatic heterocycles. The summed E-state index contributed by atoms with van der Waals surface area (Å²) in [6, 6.07) is 2.16. The third kappa shape index (κ3) is 3.80. The van der Waals surface area contributed by atoms with Gasteiger partial charge in [-0.2, -0.15) is 5.10 Å². The molecule has 1 atom stereocenters. The first-order valence-electron chi connectivity index (χ1n) is 6.89. The van der Waals surface area contributed by atoms with Crippen LogP contribution in [0.4, 0.5) is 0 Å². The zero-order valence-electron chi connectivity index (χ0n) is 12.5. The summed E-state index contributed by atoms with van der Waals surface area (Å²) < 4.78 is 1.82. The first kappa shape index (κ1) is 15.7. The average Bonchev–Trinajstić information content (AvgIpc) is 2.69. The molecule has 5 heteroatoms. The van der Waals surface area contributed by atoms with Crippen LogP contribution in [0.15, 0.2) is 6.07 Å². The smallest absolute Gasteiger partial charge is 0.325 e. The number of aliphatic carboxylic acids is 1. The number of carboxylic acids is 1. The summed E-state index contributed by atoms with van der Waals surface area (Å²) in [5.41, 5.74) is 1.08. The average molecular weight is 267 g/mol. The maximum atomic E-state index is 11.5. The Labute approximate surface area is 115 Å². The number of aromatic nitrogens is 2. The van der Waals surface area contributed by atoms with Gasteiger partial charge in [-0.25, -0.2) is 0 Å². The zero-order chi connectivity index (χ0) is 14.6. The molecule has 108 valence electrons. The molecule has 1 heterocycles. The molecule has 0 aromatic carbocycles. The fraction of sp³-hybridized carbons (Fsp3) is 0.714. The predicted octanol–water partition coefficient (Wildman–Crippen LogP) is 1.85. The van der Waals surface area contributed by atoms with Crippen LogP contribution in [0.2, 0.25) is 0 Å². The first-order valence-corrected chi connectivity index (χ1v) is 6.89. The number of rotatable bonds is 7. The Hall–Kier alpha value is -1.36. The van der Waals surface area contributed by atoms with Crippen LogP contribution in [0.5, 0.6) is 0 Å². The zero-order valence-corrected chi connectivity index (χ0v) is 12.5. The van der Waals surface area contributed by atoms with Crippen LogP contribution in [0.3, 0.4) is 0 Å². The molecule has 0 aliphatic rings. The van der Waals surface area contributed by atoms with E-state index in [9.17, 15) is 9.90 Å². The number of aryl methyl sites for hydroxylation is 2. The standard InChI is InChI=1S/C14H25N3O2/c1-6-11-8-12(7-2)17(16-11)9-14(5,13(18)19)15-10(3)4/h8,10,15H,6-7,9H2,1-5H3,(H,18,19). The molecule has 0 amide bonds. The van der Waals surface area contributed by atoms with Crippen LogP contribution in [0.1, 0.15) is 46.0 Å². The van der Waals surface area contributed by atoms with Gasteiger partial charge in [0.1, 0.15) is 5.54 Å². The van der Waals surface area contributed by atoms with E-state index < -0.39 is 11.5 Å². The normalized spacial score (nSPS) is 14.6. The minimum absolute atomic E-state index is 0.104. The minimum Gasteiger partial charge on any atom is -0.480 e. The van der Waals surface area contributed by atoms with Gasteiger partial charge in [-0.1, -0.05) is 13.8 Å². The topological polar surface area (TPSA) is 67.2 Å². The molecule has 1 unspecified atom stereocenters. The highest BCUT2D eigenvalue weighted by Crippen LogP contribution is 2.14. The van der Waals surface area contributed by atoms with Crippen LogP contribution in [-0.4, -0.2) is 32.4 Å². The number of nitrogens with one attached hydrogen (secondary N) is 1. The maximum Gasteiger partial charge on any atom is 0.325 e. The van der Waals surface area contributed by atoms with Gasteiger partial charge in [0.15, 0.2) is 0 Å². The van der Waals surface area contributed by atoms with Crippen molar-refractivity contribution in [1.82, 2.24) is 15.1 Å². The third-order valence-corrected chi connectivity index (χ3v) is 3.18. The monoisotopic (exact) mass is 267 g/mol. The van der Waals surface area contributed by atoms with Crippen molar-refractivity contribution >= 4 is 5.97 Å². The fourth-order valence-corrected chi connectivity index (χ4v) is 2.22. The molecule has 0 spiro atoms. The molecule has 0 saturated carbocycles. The lowest BCUT2D eigenvalue weighted by Crippen LogP contribution is -2.55. The van der Waals surface area contributed by atoms with E-state index in [2.05, 4.69) is 30.3 Å². The van der Waals surface area contributed by atoms with Gasteiger partial charge < -0.3 is 5.11 Å². The van der Waals surface area contributed by atoms with Crippen molar-refractivity contribution in [1.29, 1.82) is 0 Å². The minimum atomic E-state index is -1.00. The van der Waals surface area contributed by atoms with Crippen molar-refractivity contribution in [2.75, 3.05) is 0 Å². The van der Waals surface area contributed by atoms with E-state index in [0.29, 0.717) is 6.54 Å². The van der Waals surface area contributed by atoms with Gasteiger partial charge in [0, 0.05) is 11.7 Å². The molecule has 0 bridgehead atoms. The third-order valence-electron chi connectivity index (χ3n) is 3.18. The SMILES string of the molecule is CCc1cc(CC)n(CC(C)(NC(C)C)C(=O)O)n1. The van der Waals surface area contributed by atoms with Crippen LogP contribution in [0, 0.1) is 0 Å². The first-order chi connectivity index (χ1) is 8.82. The van der Waals surface area contributed by atoms with Crippen molar-refractivity contribution in [3.63, 3.8) is 0 Å². The Morgan fingerprint density at radius 1 is 1.47 bits per heavy atom. The van der Waals surface area contributed by atoms with Gasteiger partial charge in [-0.3, -0.25) is 14.8 Å². The summed E-state index contributed by atoms with van der Waals surface area (Å²) in [5.74, 6) is -0.850. The number of hydrogen-bond donors (Lipinski definition) is 2. The van der Waals surface area contributed by atoms with Crippen molar-refractivity contribution in [2.45, 2.75) is 65.6 Å². The molecule has 0 radical (unpaired) electrons. The summed E-state index contributed by atoms with van der Waals surface area (Å²) in [7, 11) is 0. The van der Waals surface area contributed by atoms with E-state index in [-0.39, 0.29) is 6.04 Å². The van der Waals surface area contributed by atoms with E-state index in [1.165, 1.54) is 0 Å². The second-order valence-corrected chi connectivity index (χ2v) is 5.43. The molecular weight excluding hydrogens is 242 g/mol. The Kier molecular flexibility index (Phi) is 5.11. The van der Waals surface area contributed by atoms with Crippen molar-refractivity contribution in [3.05, 3.63) is 17.5 Å². The number of nitrogens with zero attached hydrogens (tertiary/aromatic N) is 2. The van der Waals surface area contributed by atoms with Gasteiger partial charge in [0.05, 0.1) is 12.2 Å². The second-order valence-electron chi connectivity index (χ2n) is 5.43. The van der Waals surface area contributed by atoms with Crippen molar-refractivity contribution in [3.8, 4) is 0 Å². The molecule has 19 heavy (non-hydrogen) atoms. The molecule has 1 rings (SSSR count). The van der Waals surface area contributed by atoms with Crippen molar-refractivity contribution < 1.29 is 9.90 Å². The van der Waals surface area contributed by atoms with E-state index in [0.717, 1.165) is 24.2 Å². The van der Waals surface area contributed by atoms with Gasteiger partial charge in [0.25, 0.3) is 0 Å². The van der Waals surface area contributed by atoms with Gasteiger partial charge in [-0.15, -0.1) is 0 Å². The molecule has 0 aliphatic carbocycles. The summed E-state index contributed by atoms with van der Waals surface area (Å²) in [6.45, 7) is 10.0. The highest BCUT2D eigenvalue weighted by molar-refractivity contribution is 5.78. The highest BCUT2D eigenvalue weighted by atomic mass is 16.4. The molecule has 1 aromatic heterocycles. The lowest BCUT2D eigenvalue weighted by molar-refractivity contribution is -0.145. The Morgan fingerprint density at radius 2 is 2.11 bits per heavy atom. The van der Waals surface area contributed by atoms with Gasteiger partial charge in [0.2, 0.25) is 0 Å². The van der Waals surface area contributed by atoms with Gasteiger partial charge in [-0.05, 0) is 39.7 Å². The van der Waals surface area contributed by atoms with Crippen LogP contribution < -0.4 is 5.32 Å². The second kappa shape index (κ2) is 6.19. The number of carboxylic acid groups (broad SMARTS) is 1. The van der Waals surface area contributed by atoms with E-state index in [1.807, 2.05) is 18.5 Å². The Balaban J connectivity index is 3.02. The molecule has 1 aromatic rings. The highest BCUT2D eigenvalue weighted by Gasteiger charge is 2.34. The summed E-state index contributed by atoms with van der Waals surface area (Å²) in [5, 5.41) is 17.1. The van der Waals surface area contributed by atoms with E-state index >= 15 is 0 Å². The van der Waals surface area contributed by atoms with Crippen LogP contribution in [0.25, 0.3) is 0 Å². The number of hydrogen-bond acceptors (Lipinski definition) is 3. The molecule has 0 fully saturated rings. The summed E-state index contributed by atoms with van der Waals surface area (Å²) >= 11 is 0. The predicted molar refractivity (Wildman–Crippen MR) is 75.3 cm³/mol. The van der Waals surface area contributed by atoms with Crippen LogP contribution in [-0.2, 0) is 24.2 Å². The largest absolute Gasteiger partial charge is 0.480 e. The quantitative estimate of drug-likeness (QED) is 0.791. The number of carbonyl (C=O) groups is 1. The van der Waals surface area contributed by atoms with E-state index in [1.54, 1.807) is 6.92 Å². The fourth-order valence-electron chi connectivity index (χ4n) is 2.22.